The molecule has 0 bridgehead atoms. The maximum absolute atomic E-state index is 14.0. The van der Waals surface area contributed by atoms with Crippen LogP contribution in [0, 0.1) is 5.82 Å². The lowest BCUT2D eigenvalue weighted by atomic mass is 10.1. The molecule has 0 aromatic heterocycles. The van der Waals surface area contributed by atoms with Gasteiger partial charge in [0.1, 0.15) is 5.82 Å². The second-order valence-electron chi connectivity index (χ2n) is 6.02. The Morgan fingerprint density at radius 1 is 1.20 bits per heavy atom. The highest BCUT2D eigenvalue weighted by atomic mass is 19.1. The van der Waals surface area contributed by atoms with E-state index in [4.69, 9.17) is 5.11 Å². The summed E-state index contributed by atoms with van der Waals surface area (Å²) in [7, 11) is 0. The summed E-state index contributed by atoms with van der Waals surface area (Å²) in [5.74, 6) is -0.285. The van der Waals surface area contributed by atoms with Gasteiger partial charge in [-0.15, -0.1) is 0 Å². The van der Waals surface area contributed by atoms with Crippen molar-refractivity contribution in [2.75, 3.05) is 37.6 Å². The molecule has 4 nitrogen and oxygen atoms in total. The molecule has 1 aliphatic heterocycles. The highest BCUT2D eigenvalue weighted by molar-refractivity contribution is 5.49. The van der Waals surface area contributed by atoms with Crippen LogP contribution in [0.5, 0.6) is 0 Å². The number of halogens is 1. The Balaban J connectivity index is 1.97. The number of aliphatic hydroxyl groups excluding tert-OH is 1. The summed E-state index contributed by atoms with van der Waals surface area (Å²) in [6.45, 7) is 7.19. The zero-order valence-electron chi connectivity index (χ0n) is 12.1. The van der Waals surface area contributed by atoms with Gasteiger partial charge in [0, 0.05) is 32.7 Å². The molecule has 20 heavy (non-hydrogen) atoms. The van der Waals surface area contributed by atoms with E-state index in [-0.39, 0.29) is 12.4 Å². The van der Waals surface area contributed by atoms with Gasteiger partial charge in [-0.1, -0.05) is 6.07 Å². The largest absolute Gasteiger partial charge is 0.392 e. The first-order valence-corrected chi connectivity index (χ1v) is 6.98. The first-order chi connectivity index (χ1) is 9.39. The average molecular weight is 282 g/mol. The van der Waals surface area contributed by atoms with Gasteiger partial charge >= 0.3 is 0 Å². The smallest absolute Gasteiger partial charge is 0.146 e. The van der Waals surface area contributed by atoms with Crippen LogP contribution in [0.25, 0.3) is 0 Å². The van der Waals surface area contributed by atoms with Gasteiger partial charge in [0.15, 0.2) is 0 Å². The van der Waals surface area contributed by atoms with Gasteiger partial charge in [0.2, 0.25) is 0 Å². The van der Waals surface area contributed by atoms with E-state index in [0.29, 0.717) is 17.8 Å². The number of aliphatic hydroxyl groups is 2. The first-order valence-electron chi connectivity index (χ1n) is 6.98. The Kier molecular flexibility index (Phi) is 4.62. The van der Waals surface area contributed by atoms with E-state index in [1.807, 2.05) is 4.90 Å². The lowest BCUT2D eigenvalue weighted by Crippen LogP contribution is -2.50. The van der Waals surface area contributed by atoms with E-state index in [2.05, 4.69) is 4.90 Å². The molecular weight excluding hydrogens is 259 g/mol. The highest BCUT2D eigenvalue weighted by Gasteiger charge is 2.23. The molecule has 0 unspecified atom stereocenters. The molecule has 0 aliphatic carbocycles. The predicted octanol–water partition coefficient (Wildman–Crippen LogP) is 1.21. The van der Waals surface area contributed by atoms with Crippen LogP contribution in [0.4, 0.5) is 10.1 Å². The van der Waals surface area contributed by atoms with Crippen molar-refractivity contribution in [3.05, 3.63) is 29.6 Å². The summed E-state index contributed by atoms with van der Waals surface area (Å²) in [4.78, 5) is 4.20. The lowest BCUT2D eigenvalue weighted by molar-refractivity contribution is 0.0344. The number of rotatable bonds is 4. The van der Waals surface area contributed by atoms with Gasteiger partial charge < -0.3 is 15.1 Å². The SMILES string of the molecule is CC(C)(O)CN1CCN(c2ccc(CO)cc2F)CC1. The molecule has 0 spiro atoms. The van der Waals surface area contributed by atoms with Crippen molar-refractivity contribution in [2.45, 2.75) is 26.1 Å². The Labute approximate surface area is 119 Å². The number of hydrogen-bond donors (Lipinski definition) is 2. The van der Waals surface area contributed by atoms with Crippen molar-refractivity contribution >= 4 is 5.69 Å². The van der Waals surface area contributed by atoms with Crippen molar-refractivity contribution in [2.24, 2.45) is 0 Å². The van der Waals surface area contributed by atoms with E-state index in [0.717, 1.165) is 26.2 Å². The molecule has 1 fully saturated rings. The van der Waals surface area contributed by atoms with Gasteiger partial charge in [-0.3, -0.25) is 4.90 Å². The Hall–Kier alpha value is -1.17. The molecule has 0 saturated carbocycles. The van der Waals surface area contributed by atoms with Gasteiger partial charge in [0.25, 0.3) is 0 Å². The molecule has 5 heteroatoms. The lowest BCUT2D eigenvalue weighted by Gasteiger charge is -2.38. The molecule has 2 rings (SSSR count). The van der Waals surface area contributed by atoms with Gasteiger partial charge in [-0.05, 0) is 31.5 Å². The van der Waals surface area contributed by atoms with Crippen molar-refractivity contribution in [1.29, 1.82) is 0 Å². The molecule has 0 amide bonds. The maximum Gasteiger partial charge on any atom is 0.146 e. The van der Waals surface area contributed by atoms with Crippen molar-refractivity contribution in [1.82, 2.24) is 4.90 Å². The third-order valence-corrected chi connectivity index (χ3v) is 3.52. The molecule has 1 aliphatic rings. The van der Waals surface area contributed by atoms with E-state index >= 15 is 0 Å². The maximum atomic E-state index is 14.0. The number of piperazine rings is 1. The molecule has 1 aromatic rings. The zero-order valence-corrected chi connectivity index (χ0v) is 12.1. The second kappa shape index (κ2) is 6.08. The van der Waals surface area contributed by atoms with Crippen LogP contribution < -0.4 is 4.90 Å². The molecule has 112 valence electrons. The number of hydrogen-bond acceptors (Lipinski definition) is 4. The van der Waals surface area contributed by atoms with E-state index < -0.39 is 5.60 Å². The van der Waals surface area contributed by atoms with Crippen molar-refractivity contribution < 1.29 is 14.6 Å². The Morgan fingerprint density at radius 2 is 1.85 bits per heavy atom. The average Bonchev–Trinajstić information content (AvgIpc) is 2.38. The molecule has 0 atom stereocenters. The summed E-state index contributed by atoms with van der Waals surface area (Å²) in [6.07, 6.45) is 0. The van der Waals surface area contributed by atoms with Crippen LogP contribution in [0.2, 0.25) is 0 Å². The van der Waals surface area contributed by atoms with E-state index in [1.165, 1.54) is 6.07 Å². The van der Waals surface area contributed by atoms with Gasteiger partial charge in [-0.2, -0.15) is 0 Å². The number of benzene rings is 1. The molecule has 1 heterocycles. The fourth-order valence-electron chi connectivity index (χ4n) is 2.60. The third kappa shape index (κ3) is 3.91. The minimum atomic E-state index is -0.698. The fraction of sp³-hybridized carbons (Fsp3) is 0.600. The molecule has 2 N–H and O–H groups in total. The number of anilines is 1. The van der Waals surface area contributed by atoms with Crippen LogP contribution in [-0.2, 0) is 6.61 Å². The van der Waals surface area contributed by atoms with Crippen LogP contribution in [-0.4, -0.2) is 53.4 Å². The standard InChI is InChI=1S/C15H23FN2O2/c1-15(2,20)11-17-5-7-18(8-6-17)14-4-3-12(10-19)9-13(14)16/h3-4,9,19-20H,5-8,10-11H2,1-2H3. The molecule has 0 radical (unpaired) electrons. The quantitative estimate of drug-likeness (QED) is 0.871. The van der Waals surface area contributed by atoms with Crippen LogP contribution in [0.3, 0.4) is 0 Å². The molecule has 1 aromatic carbocycles. The summed E-state index contributed by atoms with van der Waals surface area (Å²) in [6, 6.07) is 4.87. The van der Waals surface area contributed by atoms with Gasteiger partial charge in [0.05, 0.1) is 17.9 Å². The van der Waals surface area contributed by atoms with E-state index in [9.17, 15) is 9.50 Å². The minimum absolute atomic E-state index is 0.142. The summed E-state index contributed by atoms with van der Waals surface area (Å²) >= 11 is 0. The molecule has 1 saturated heterocycles. The first kappa shape index (κ1) is 15.2. The number of nitrogens with zero attached hydrogens (tertiary/aromatic N) is 2. The monoisotopic (exact) mass is 282 g/mol. The minimum Gasteiger partial charge on any atom is -0.392 e. The predicted molar refractivity (Wildman–Crippen MR) is 77.3 cm³/mol. The second-order valence-corrected chi connectivity index (χ2v) is 6.02. The van der Waals surface area contributed by atoms with Crippen LogP contribution >= 0.6 is 0 Å². The summed E-state index contributed by atoms with van der Waals surface area (Å²) in [5, 5.41) is 18.8. The topological polar surface area (TPSA) is 46.9 Å². The highest BCUT2D eigenvalue weighted by Crippen LogP contribution is 2.22. The third-order valence-electron chi connectivity index (χ3n) is 3.52. The summed E-state index contributed by atoms with van der Waals surface area (Å²) in [5.41, 5.74) is 0.480. The van der Waals surface area contributed by atoms with Crippen LogP contribution in [0.15, 0.2) is 18.2 Å². The zero-order chi connectivity index (χ0) is 14.8. The molecular formula is C15H23FN2O2. The summed E-state index contributed by atoms with van der Waals surface area (Å²) < 4.78 is 14.0. The van der Waals surface area contributed by atoms with Crippen molar-refractivity contribution in [3.63, 3.8) is 0 Å². The Morgan fingerprint density at radius 3 is 2.35 bits per heavy atom. The Bertz CT molecular complexity index is 452. The van der Waals surface area contributed by atoms with Crippen LogP contribution in [0.1, 0.15) is 19.4 Å². The van der Waals surface area contributed by atoms with Gasteiger partial charge in [-0.25, -0.2) is 4.39 Å². The number of β-amino-alcohol motifs (C(OH)–C–C–N with tert-alkyl or cyclic N) is 1. The van der Waals surface area contributed by atoms with Crippen molar-refractivity contribution in [3.8, 4) is 0 Å². The van der Waals surface area contributed by atoms with E-state index in [1.54, 1.807) is 26.0 Å². The fourth-order valence-corrected chi connectivity index (χ4v) is 2.60. The normalized spacial score (nSPS) is 17.6.